The van der Waals surface area contributed by atoms with Gasteiger partial charge >= 0.3 is 6.03 Å². The van der Waals surface area contributed by atoms with Crippen LogP contribution in [0.5, 0.6) is 0 Å². The summed E-state index contributed by atoms with van der Waals surface area (Å²) in [5, 5.41) is -0.391. The monoisotopic (exact) mass is 283 g/mol. The number of urea groups is 1. The summed E-state index contributed by atoms with van der Waals surface area (Å²) in [6.45, 7) is 0. The van der Waals surface area contributed by atoms with Crippen LogP contribution in [0.1, 0.15) is 0 Å². The zero-order valence-corrected chi connectivity index (χ0v) is 10.0. The number of carbonyl (C=O) groups excluding carboxylic acids is 1. The lowest BCUT2D eigenvalue weighted by atomic mass is 10.3. The van der Waals surface area contributed by atoms with E-state index in [-0.39, 0.29) is 15.7 Å². The van der Waals surface area contributed by atoms with E-state index in [9.17, 15) is 13.2 Å². The fraction of sp³-hybridized carbons (Fsp3) is 0. The van der Waals surface area contributed by atoms with E-state index in [1.807, 2.05) is 0 Å². The number of nitrogens with one attached hydrogen (secondary N) is 1. The number of halogens is 2. The second-order valence-corrected chi connectivity index (χ2v) is 5.22. The summed E-state index contributed by atoms with van der Waals surface area (Å²) in [5.41, 5.74) is 10.3. The van der Waals surface area contributed by atoms with Crippen molar-refractivity contribution in [2.45, 2.75) is 4.90 Å². The molecule has 2 amide bonds. The molecule has 1 aromatic rings. The minimum absolute atomic E-state index is 0.196. The smallest absolute Gasteiger partial charge is 0.326 e. The Morgan fingerprint density at radius 2 is 1.69 bits per heavy atom. The van der Waals surface area contributed by atoms with E-state index in [1.54, 1.807) is 0 Å². The number of amides is 2. The van der Waals surface area contributed by atoms with Gasteiger partial charge in [0.15, 0.2) is 0 Å². The molecular formula is C7H7Cl2N3O3S. The topological polar surface area (TPSA) is 115 Å². The maximum atomic E-state index is 11.6. The van der Waals surface area contributed by atoms with Crippen LogP contribution in [0, 0.1) is 0 Å². The lowest BCUT2D eigenvalue weighted by Gasteiger charge is -2.09. The highest BCUT2D eigenvalue weighted by molar-refractivity contribution is 7.90. The number of rotatable bonds is 2. The largest absolute Gasteiger partial charge is 0.399 e. The predicted molar refractivity (Wildman–Crippen MR) is 60.8 cm³/mol. The van der Waals surface area contributed by atoms with E-state index in [0.29, 0.717) is 0 Å². The molecule has 0 aromatic heterocycles. The van der Waals surface area contributed by atoms with Crippen molar-refractivity contribution in [1.29, 1.82) is 0 Å². The zero-order chi connectivity index (χ0) is 12.5. The highest BCUT2D eigenvalue weighted by atomic mass is 35.5. The molecular weight excluding hydrogens is 277 g/mol. The summed E-state index contributed by atoms with van der Waals surface area (Å²) < 4.78 is 24.7. The van der Waals surface area contributed by atoms with Gasteiger partial charge in [0.25, 0.3) is 10.0 Å². The van der Waals surface area contributed by atoms with Crippen LogP contribution in [0.3, 0.4) is 0 Å². The van der Waals surface area contributed by atoms with Crippen molar-refractivity contribution in [3.05, 3.63) is 22.2 Å². The summed E-state index contributed by atoms with van der Waals surface area (Å²) in [6.07, 6.45) is 0. The van der Waals surface area contributed by atoms with E-state index in [1.165, 1.54) is 16.9 Å². The molecule has 0 radical (unpaired) electrons. The molecule has 0 unspecified atom stereocenters. The lowest BCUT2D eigenvalue weighted by Crippen LogP contribution is -2.35. The zero-order valence-electron chi connectivity index (χ0n) is 7.70. The third-order valence-corrected chi connectivity index (χ3v) is 3.79. The van der Waals surface area contributed by atoms with Gasteiger partial charge in [0.2, 0.25) is 0 Å². The quantitative estimate of drug-likeness (QED) is 0.700. The summed E-state index contributed by atoms with van der Waals surface area (Å²) in [7, 11) is -4.18. The number of carbonyl (C=O) groups is 1. The van der Waals surface area contributed by atoms with E-state index in [0.717, 1.165) is 0 Å². The molecule has 88 valence electrons. The van der Waals surface area contributed by atoms with Crippen LogP contribution in [0.15, 0.2) is 17.0 Å². The average Bonchev–Trinajstić information content (AvgIpc) is 1.96. The fourth-order valence-electron chi connectivity index (χ4n) is 1.02. The van der Waals surface area contributed by atoms with Crippen LogP contribution in [0.4, 0.5) is 10.5 Å². The van der Waals surface area contributed by atoms with Gasteiger partial charge < -0.3 is 11.5 Å². The number of hydrogen-bond acceptors (Lipinski definition) is 4. The molecule has 1 aromatic carbocycles. The Kier molecular flexibility index (Phi) is 3.51. The molecule has 0 aliphatic heterocycles. The number of benzene rings is 1. The summed E-state index contributed by atoms with van der Waals surface area (Å²) >= 11 is 11.3. The van der Waals surface area contributed by atoms with Crippen LogP contribution in [-0.4, -0.2) is 14.4 Å². The Bertz CT molecular complexity index is 521. The van der Waals surface area contributed by atoms with Crippen molar-refractivity contribution < 1.29 is 13.2 Å². The molecule has 9 heteroatoms. The Hall–Kier alpha value is -1.18. The number of nitrogens with two attached hydrogens (primary N) is 2. The van der Waals surface area contributed by atoms with Gasteiger partial charge in [-0.2, -0.15) is 0 Å². The Labute approximate surface area is 102 Å². The SMILES string of the molecule is NC(=O)NS(=O)(=O)c1c(Cl)cc(N)cc1Cl. The van der Waals surface area contributed by atoms with Crippen molar-refractivity contribution in [1.82, 2.24) is 4.72 Å². The third kappa shape index (κ3) is 2.69. The minimum atomic E-state index is -4.18. The third-order valence-electron chi connectivity index (χ3n) is 1.52. The van der Waals surface area contributed by atoms with Crippen LogP contribution in [0.2, 0.25) is 10.0 Å². The molecule has 0 saturated heterocycles. The lowest BCUT2D eigenvalue weighted by molar-refractivity contribution is 0.253. The fourth-order valence-corrected chi connectivity index (χ4v) is 3.13. The molecule has 0 saturated carbocycles. The summed E-state index contributed by atoms with van der Waals surface area (Å²) in [6, 6.07) is 1.16. The summed E-state index contributed by atoms with van der Waals surface area (Å²) in [5.74, 6) is 0. The van der Waals surface area contributed by atoms with Crippen LogP contribution < -0.4 is 16.2 Å². The molecule has 5 N–H and O–H groups in total. The van der Waals surface area contributed by atoms with E-state index < -0.39 is 20.9 Å². The standard InChI is InChI=1S/C7H7Cl2N3O3S/c8-4-1-3(10)2-5(9)6(4)16(14,15)12-7(11)13/h1-2H,10H2,(H3,11,12,13). The first-order valence-electron chi connectivity index (χ1n) is 3.81. The normalized spacial score (nSPS) is 11.1. The Balaban J connectivity index is 3.39. The van der Waals surface area contributed by atoms with Gasteiger partial charge in [-0.25, -0.2) is 17.9 Å². The first kappa shape index (κ1) is 12.9. The molecule has 0 bridgehead atoms. The molecule has 16 heavy (non-hydrogen) atoms. The second kappa shape index (κ2) is 4.36. The minimum Gasteiger partial charge on any atom is -0.399 e. The number of anilines is 1. The van der Waals surface area contributed by atoms with Crippen molar-refractivity contribution >= 4 is 44.9 Å². The van der Waals surface area contributed by atoms with Gasteiger partial charge in [-0.1, -0.05) is 23.2 Å². The van der Waals surface area contributed by atoms with Gasteiger partial charge in [-0.15, -0.1) is 0 Å². The first-order valence-corrected chi connectivity index (χ1v) is 6.04. The van der Waals surface area contributed by atoms with Gasteiger partial charge in [-0.05, 0) is 12.1 Å². The maximum Gasteiger partial charge on any atom is 0.326 e. The van der Waals surface area contributed by atoms with Gasteiger partial charge in [0, 0.05) is 5.69 Å². The van der Waals surface area contributed by atoms with Crippen LogP contribution >= 0.6 is 23.2 Å². The van der Waals surface area contributed by atoms with Gasteiger partial charge in [0.05, 0.1) is 10.0 Å². The van der Waals surface area contributed by atoms with E-state index >= 15 is 0 Å². The van der Waals surface area contributed by atoms with Gasteiger partial charge in [-0.3, -0.25) is 0 Å². The second-order valence-electron chi connectivity index (χ2n) is 2.78. The predicted octanol–water partition coefficient (Wildman–Crippen LogP) is 0.933. The number of nitrogen functional groups attached to an aromatic ring is 1. The highest BCUT2D eigenvalue weighted by Gasteiger charge is 2.23. The number of primary amides is 1. The van der Waals surface area contributed by atoms with Crippen LogP contribution in [-0.2, 0) is 10.0 Å². The highest BCUT2D eigenvalue weighted by Crippen LogP contribution is 2.31. The number of sulfonamides is 1. The van der Waals surface area contributed by atoms with Gasteiger partial charge in [0.1, 0.15) is 4.90 Å². The molecule has 0 heterocycles. The molecule has 1 rings (SSSR count). The van der Waals surface area contributed by atoms with Crippen molar-refractivity contribution in [3.8, 4) is 0 Å². The van der Waals surface area contributed by atoms with E-state index in [4.69, 9.17) is 34.7 Å². The molecule has 0 aliphatic rings. The van der Waals surface area contributed by atoms with Crippen molar-refractivity contribution in [2.24, 2.45) is 5.73 Å². The average molecular weight is 284 g/mol. The Morgan fingerprint density at radius 3 is 2.06 bits per heavy atom. The number of hydrogen-bond donors (Lipinski definition) is 3. The maximum absolute atomic E-state index is 11.6. The van der Waals surface area contributed by atoms with Crippen molar-refractivity contribution in [3.63, 3.8) is 0 Å². The molecule has 0 atom stereocenters. The Morgan fingerprint density at radius 1 is 1.25 bits per heavy atom. The molecule has 0 fully saturated rings. The first-order chi connectivity index (χ1) is 7.24. The molecule has 6 nitrogen and oxygen atoms in total. The molecule has 0 spiro atoms. The van der Waals surface area contributed by atoms with Crippen LogP contribution in [0.25, 0.3) is 0 Å². The summed E-state index contributed by atoms with van der Waals surface area (Å²) in [4.78, 5) is 10.1. The van der Waals surface area contributed by atoms with E-state index in [2.05, 4.69) is 0 Å². The molecule has 0 aliphatic carbocycles. The van der Waals surface area contributed by atoms with Crippen molar-refractivity contribution in [2.75, 3.05) is 5.73 Å².